The summed E-state index contributed by atoms with van der Waals surface area (Å²) >= 11 is 1.81. The van der Waals surface area contributed by atoms with E-state index in [1.165, 1.54) is 4.88 Å². The Kier molecular flexibility index (Phi) is 7.90. The summed E-state index contributed by atoms with van der Waals surface area (Å²) in [7, 11) is 3.85. The minimum absolute atomic E-state index is 0.0884. The summed E-state index contributed by atoms with van der Waals surface area (Å²) in [4.78, 5) is 8.36. The summed E-state index contributed by atoms with van der Waals surface area (Å²) in [5.41, 5.74) is 0.0884. The van der Waals surface area contributed by atoms with Crippen LogP contribution in [0.2, 0.25) is 0 Å². The van der Waals surface area contributed by atoms with E-state index in [1.54, 1.807) is 7.11 Å². The molecule has 0 bridgehead atoms. The van der Waals surface area contributed by atoms with Gasteiger partial charge in [0.05, 0.1) is 12.6 Å². The number of hydrogen-bond donors (Lipinski definition) is 1. The molecule has 22 heavy (non-hydrogen) atoms. The molecule has 126 valence electrons. The smallest absolute Gasteiger partial charge is 0.193 e. The second kappa shape index (κ2) is 9.16. The second-order valence-electron chi connectivity index (χ2n) is 6.54. The molecule has 0 saturated carbocycles. The molecular formula is C17H31N3OS. The fraction of sp³-hybridized carbons (Fsp3) is 0.706. The minimum atomic E-state index is 0.0884. The van der Waals surface area contributed by atoms with E-state index in [0.29, 0.717) is 6.54 Å². The van der Waals surface area contributed by atoms with Gasteiger partial charge in [-0.3, -0.25) is 4.99 Å². The van der Waals surface area contributed by atoms with Crippen molar-refractivity contribution in [2.45, 2.75) is 40.2 Å². The Labute approximate surface area is 139 Å². The number of guanidine groups is 1. The molecule has 0 aliphatic carbocycles. The topological polar surface area (TPSA) is 36.9 Å². The van der Waals surface area contributed by atoms with Gasteiger partial charge >= 0.3 is 0 Å². The third-order valence-electron chi connectivity index (χ3n) is 3.63. The Balaban J connectivity index is 2.63. The molecule has 0 radical (unpaired) electrons. The quantitative estimate of drug-likeness (QED) is 0.617. The Morgan fingerprint density at radius 2 is 2.18 bits per heavy atom. The van der Waals surface area contributed by atoms with Crippen LogP contribution in [-0.4, -0.2) is 50.8 Å². The predicted octanol–water partition coefficient (Wildman–Crippen LogP) is 3.25. The molecule has 1 atom stereocenters. The third kappa shape index (κ3) is 6.36. The molecule has 1 aromatic heterocycles. The molecule has 0 fully saturated rings. The highest BCUT2D eigenvalue weighted by Gasteiger charge is 2.24. The van der Waals surface area contributed by atoms with Crippen molar-refractivity contribution in [3.8, 4) is 0 Å². The standard InChI is InChI=1S/C17H31N3OS/c1-7-18-16(19-13-15(21-6)17(2,3)4)20(5)11-10-14-9-8-12-22-14/h8-9,12,15H,7,10-11,13H2,1-6H3,(H,18,19). The molecule has 1 unspecified atom stereocenters. The van der Waals surface area contributed by atoms with Gasteiger partial charge in [-0.05, 0) is 30.2 Å². The number of nitrogens with one attached hydrogen (secondary N) is 1. The van der Waals surface area contributed by atoms with Gasteiger partial charge in [0.25, 0.3) is 0 Å². The van der Waals surface area contributed by atoms with Crippen molar-refractivity contribution in [1.82, 2.24) is 10.2 Å². The predicted molar refractivity (Wildman–Crippen MR) is 96.9 cm³/mol. The number of thiophene rings is 1. The van der Waals surface area contributed by atoms with Crippen LogP contribution in [0.25, 0.3) is 0 Å². The lowest BCUT2D eigenvalue weighted by Gasteiger charge is -2.29. The van der Waals surface area contributed by atoms with Crippen LogP contribution in [0.15, 0.2) is 22.5 Å². The van der Waals surface area contributed by atoms with Gasteiger partial charge < -0.3 is 15.0 Å². The van der Waals surface area contributed by atoms with Crippen molar-refractivity contribution >= 4 is 17.3 Å². The molecule has 0 aliphatic rings. The summed E-state index contributed by atoms with van der Waals surface area (Å²) in [6.07, 6.45) is 1.16. The molecule has 4 nitrogen and oxygen atoms in total. The zero-order valence-electron chi connectivity index (χ0n) is 14.8. The highest BCUT2D eigenvalue weighted by molar-refractivity contribution is 7.09. The van der Waals surface area contributed by atoms with E-state index in [2.05, 4.69) is 62.5 Å². The maximum absolute atomic E-state index is 5.59. The molecule has 1 rings (SSSR count). The van der Waals surface area contributed by atoms with Crippen molar-refractivity contribution in [3.05, 3.63) is 22.4 Å². The van der Waals surface area contributed by atoms with Gasteiger partial charge in [0, 0.05) is 32.1 Å². The summed E-state index contributed by atoms with van der Waals surface area (Å²) in [5.74, 6) is 0.949. The number of hydrogen-bond acceptors (Lipinski definition) is 3. The summed E-state index contributed by atoms with van der Waals surface area (Å²) in [6.45, 7) is 11.2. The molecular weight excluding hydrogens is 294 g/mol. The SMILES string of the molecule is CCNC(=NCC(OC)C(C)(C)C)N(C)CCc1cccs1. The van der Waals surface area contributed by atoms with E-state index in [9.17, 15) is 0 Å². The Hall–Kier alpha value is -1.07. The average molecular weight is 326 g/mol. The third-order valence-corrected chi connectivity index (χ3v) is 4.56. The van der Waals surface area contributed by atoms with E-state index in [0.717, 1.165) is 25.5 Å². The summed E-state index contributed by atoms with van der Waals surface area (Å²) in [6, 6.07) is 4.29. The number of likely N-dealkylation sites (N-methyl/N-ethyl adjacent to an activating group) is 1. The lowest BCUT2D eigenvalue weighted by molar-refractivity contribution is 0.0240. The molecule has 1 N–H and O–H groups in total. The monoisotopic (exact) mass is 325 g/mol. The average Bonchev–Trinajstić information content (AvgIpc) is 2.96. The van der Waals surface area contributed by atoms with Crippen LogP contribution in [0.3, 0.4) is 0 Å². The van der Waals surface area contributed by atoms with E-state index in [1.807, 2.05) is 11.3 Å². The van der Waals surface area contributed by atoms with E-state index >= 15 is 0 Å². The van der Waals surface area contributed by atoms with Gasteiger partial charge in [-0.1, -0.05) is 26.8 Å². The molecule has 0 spiro atoms. The first-order valence-corrected chi connectivity index (χ1v) is 8.81. The molecule has 5 heteroatoms. The zero-order valence-corrected chi connectivity index (χ0v) is 15.7. The number of rotatable bonds is 7. The minimum Gasteiger partial charge on any atom is -0.379 e. The van der Waals surface area contributed by atoms with Gasteiger partial charge in [-0.25, -0.2) is 0 Å². The van der Waals surface area contributed by atoms with Crippen LogP contribution < -0.4 is 5.32 Å². The van der Waals surface area contributed by atoms with Crippen molar-refractivity contribution in [3.63, 3.8) is 0 Å². The highest BCUT2D eigenvalue weighted by Crippen LogP contribution is 2.21. The van der Waals surface area contributed by atoms with Gasteiger partial charge in [0.15, 0.2) is 5.96 Å². The number of ether oxygens (including phenoxy) is 1. The van der Waals surface area contributed by atoms with Crippen LogP contribution in [-0.2, 0) is 11.2 Å². The Bertz CT molecular complexity index is 437. The summed E-state index contributed by atoms with van der Waals surface area (Å²) < 4.78 is 5.59. The highest BCUT2D eigenvalue weighted by atomic mass is 32.1. The number of aliphatic imine (C=N–C) groups is 1. The van der Waals surface area contributed by atoms with Crippen LogP contribution in [0.1, 0.15) is 32.6 Å². The zero-order chi connectivity index (χ0) is 16.6. The fourth-order valence-corrected chi connectivity index (χ4v) is 2.88. The molecule has 0 saturated heterocycles. The van der Waals surface area contributed by atoms with E-state index in [4.69, 9.17) is 9.73 Å². The first kappa shape index (κ1) is 19.0. The lowest BCUT2D eigenvalue weighted by atomic mass is 9.89. The normalized spacial score (nSPS) is 14.0. The van der Waals surface area contributed by atoms with Crippen molar-refractivity contribution in [2.24, 2.45) is 10.4 Å². The lowest BCUT2D eigenvalue weighted by Crippen LogP contribution is -2.41. The van der Waals surface area contributed by atoms with Crippen LogP contribution in [0, 0.1) is 5.41 Å². The Morgan fingerprint density at radius 3 is 2.68 bits per heavy atom. The van der Waals surface area contributed by atoms with Crippen molar-refractivity contribution in [1.29, 1.82) is 0 Å². The molecule has 1 heterocycles. The summed E-state index contributed by atoms with van der Waals surface area (Å²) in [5, 5.41) is 5.49. The maximum Gasteiger partial charge on any atom is 0.193 e. The number of nitrogens with zero attached hydrogens (tertiary/aromatic N) is 2. The molecule has 0 aromatic carbocycles. The molecule has 0 amide bonds. The van der Waals surface area contributed by atoms with Crippen LogP contribution in [0.5, 0.6) is 0 Å². The van der Waals surface area contributed by atoms with Gasteiger partial charge in [-0.2, -0.15) is 0 Å². The van der Waals surface area contributed by atoms with Gasteiger partial charge in [0.2, 0.25) is 0 Å². The van der Waals surface area contributed by atoms with Crippen LogP contribution in [0.4, 0.5) is 0 Å². The van der Waals surface area contributed by atoms with E-state index < -0.39 is 0 Å². The van der Waals surface area contributed by atoms with Gasteiger partial charge in [-0.15, -0.1) is 11.3 Å². The maximum atomic E-state index is 5.59. The van der Waals surface area contributed by atoms with Crippen LogP contribution >= 0.6 is 11.3 Å². The molecule has 0 aliphatic heterocycles. The first-order chi connectivity index (χ1) is 10.4. The van der Waals surface area contributed by atoms with Crippen molar-refractivity contribution < 1.29 is 4.74 Å². The van der Waals surface area contributed by atoms with E-state index in [-0.39, 0.29) is 11.5 Å². The van der Waals surface area contributed by atoms with Crippen molar-refractivity contribution in [2.75, 3.05) is 33.8 Å². The fourth-order valence-electron chi connectivity index (χ4n) is 2.18. The Morgan fingerprint density at radius 1 is 1.45 bits per heavy atom. The second-order valence-corrected chi connectivity index (χ2v) is 7.57. The largest absolute Gasteiger partial charge is 0.379 e. The van der Waals surface area contributed by atoms with Gasteiger partial charge in [0.1, 0.15) is 0 Å². The number of methoxy groups -OCH3 is 1. The first-order valence-electron chi connectivity index (χ1n) is 7.93. The molecule has 1 aromatic rings.